The maximum Gasteiger partial charge on any atom is 0.342 e. The van der Waals surface area contributed by atoms with Crippen molar-refractivity contribution in [2.75, 3.05) is 12.3 Å². The molecule has 0 aliphatic rings. The third-order valence-corrected chi connectivity index (χ3v) is 4.61. The van der Waals surface area contributed by atoms with Crippen LogP contribution >= 0.6 is 0 Å². The monoisotopic (exact) mass is 436 g/mol. The summed E-state index contributed by atoms with van der Waals surface area (Å²) in [7, 11) is 0. The van der Waals surface area contributed by atoms with Crippen LogP contribution in [0.3, 0.4) is 0 Å². The van der Waals surface area contributed by atoms with Crippen LogP contribution < -0.4 is 5.73 Å². The molecule has 0 saturated carbocycles. The SMILES string of the molecule is CCOC(=O)c1c(C)oc2nc(COC(=O)c3ccc(Cn4cncn4)cc3)nc(N)c12. The van der Waals surface area contributed by atoms with E-state index in [0.29, 0.717) is 17.9 Å². The molecule has 0 unspecified atom stereocenters. The van der Waals surface area contributed by atoms with Gasteiger partial charge in [0.05, 0.1) is 24.1 Å². The molecule has 0 atom stereocenters. The summed E-state index contributed by atoms with van der Waals surface area (Å²) in [5, 5.41) is 4.32. The van der Waals surface area contributed by atoms with Crippen LogP contribution in [0.1, 0.15) is 44.8 Å². The Morgan fingerprint density at radius 2 is 1.91 bits per heavy atom. The number of carbonyl (C=O) groups excluding carboxylic acids is 2. The fourth-order valence-corrected chi connectivity index (χ4v) is 3.16. The lowest BCUT2D eigenvalue weighted by atomic mass is 10.1. The lowest BCUT2D eigenvalue weighted by molar-refractivity contribution is 0.0461. The van der Waals surface area contributed by atoms with Gasteiger partial charge in [-0.05, 0) is 31.5 Å². The van der Waals surface area contributed by atoms with Crippen molar-refractivity contribution < 1.29 is 23.5 Å². The molecule has 164 valence electrons. The largest absolute Gasteiger partial charge is 0.462 e. The Bertz CT molecular complexity index is 1260. The second-order valence-corrected chi connectivity index (χ2v) is 6.83. The second kappa shape index (κ2) is 8.84. The maximum absolute atomic E-state index is 12.4. The Kier molecular flexibility index (Phi) is 5.79. The Labute approximate surface area is 182 Å². The molecule has 3 aromatic heterocycles. The Morgan fingerprint density at radius 1 is 1.12 bits per heavy atom. The van der Waals surface area contributed by atoms with Crippen molar-refractivity contribution in [1.29, 1.82) is 0 Å². The van der Waals surface area contributed by atoms with E-state index in [1.807, 2.05) is 0 Å². The van der Waals surface area contributed by atoms with Crippen LogP contribution in [0.2, 0.25) is 0 Å². The van der Waals surface area contributed by atoms with Gasteiger partial charge in [0.25, 0.3) is 0 Å². The Balaban J connectivity index is 1.45. The molecule has 4 rings (SSSR count). The summed E-state index contributed by atoms with van der Waals surface area (Å²) >= 11 is 0. The minimum Gasteiger partial charge on any atom is -0.462 e. The van der Waals surface area contributed by atoms with Gasteiger partial charge in [-0.25, -0.2) is 24.2 Å². The fourth-order valence-electron chi connectivity index (χ4n) is 3.16. The molecule has 1 aromatic carbocycles. The first-order valence-corrected chi connectivity index (χ1v) is 9.77. The van der Waals surface area contributed by atoms with Gasteiger partial charge in [-0.1, -0.05) is 12.1 Å². The van der Waals surface area contributed by atoms with Crippen molar-refractivity contribution >= 4 is 28.9 Å². The van der Waals surface area contributed by atoms with Crippen molar-refractivity contribution in [1.82, 2.24) is 24.7 Å². The molecule has 0 bridgehead atoms. The number of fused-ring (bicyclic) bond motifs is 1. The Morgan fingerprint density at radius 3 is 2.59 bits per heavy atom. The molecule has 11 nitrogen and oxygen atoms in total. The number of ether oxygens (including phenoxy) is 2. The van der Waals surface area contributed by atoms with E-state index in [-0.39, 0.29) is 41.5 Å². The summed E-state index contributed by atoms with van der Waals surface area (Å²) in [5.74, 6) is -0.596. The van der Waals surface area contributed by atoms with Crippen LogP contribution in [0, 0.1) is 6.92 Å². The van der Waals surface area contributed by atoms with E-state index >= 15 is 0 Å². The lowest BCUT2D eigenvalue weighted by Gasteiger charge is -2.06. The lowest BCUT2D eigenvalue weighted by Crippen LogP contribution is -2.10. The zero-order valence-corrected chi connectivity index (χ0v) is 17.4. The maximum atomic E-state index is 12.4. The van der Waals surface area contributed by atoms with Gasteiger partial charge in [0.15, 0.2) is 12.4 Å². The molecule has 0 saturated heterocycles. The smallest absolute Gasteiger partial charge is 0.342 e. The van der Waals surface area contributed by atoms with Crippen molar-refractivity contribution in [3.8, 4) is 0 Å². The first-order chi connectivity index (χ1) is 15.5. The minimum atomic E-state index is -0.564. The number of aryl methyl sites for hydroxylation is 1. The van der Waals surface area contributed by atoms with Crippen LogP contribution in [-0.4, -0.2) is 43.3 Å². The second-order valence-electron chi connectivity index (χ2n) is 6.83. The summed E-state index contributed by atoms with van der Waals surface area (Å²) < 4.78 is 17.6. The van der Waals surface area contributed by atoms with Gasteiger partial charge in [0, 0.05) is 0 Å². The first kappa shape index (κ1) is 21.0. The van der Waals surface area contributed by atoms with E-state index in [9.17, 15) is 9.59 Å². The average molecular weight is 436 g/mol. The number of benzene rings is 1. The summed E-state index contributed by atoms with van der Waals surface area (Å²) in [6, 6.07) is 6.94. The van der Waals surface area contributed by atoms with E-state index in [1.165, 1.54) is 6.33 Å². The van der Waals surface area contributed by atoms with Crippen molar-refractivity contribution in [2.45, 2.75) is 27.0 Å². The molecule has 0 fully saturated rings. The molecule has 0 aliphatic carbocycles. The molecule has 0 amide bonds. The molecular formula is C21H20N6O5. The number of anilines is 1. The number of hydrogen-bond donors (Lipinski definition) is 1. The number of hydrogen-bond acceptors (Lipinski definition) is 10. The Hall–Kier alpha value is -4.28. The number of aromatic nitrogens is 5. The molecule has 0 spiro atoms. The zero-order chi connectivity index (χ0) is 22.7. The fraction of sp³-hybridized carbons (Fsp3) is 0.238. The molecule has 11 heteroatoms. The summed E-state index contributed by atoms with van der Waals surface area (Å²) in [6.07, 6.45) is 3.07. The van der Waals surface area contributed by atoms with Crippen LogP contribution in [0.5, 0.6) is 0 Å². The highest BCUT2D eigenvalue weighted by molar-refractivity contribution is 6.07. The topological polar surface area (TPSA) is 148 Å². The van der Waals surface area contributed by atoms with E-state index in [1.54, 1.807) is 49.1 Å². The van der Waals surface area contributed by atoms with Gasteiger partial charge in [-0.3, -0.25) is 0 Å². The van der Waals surface area contributed by atoms with Gasteiger partial charge >= 0.3 is 11.9 Å². The number of nitrogen functional groups attached to an aromatic ring is 1. The van der Waals surface area contributed by atoms with E-state index < -0.39 is 11.9 Å². The number of rotatable bonds is 7. The highest BCUT2D eigenvalue weighted by atomic mass is 16.5. The standard InChI is InChI=1S/C21H20N6O5/c1-3-30-21(29)16-12(2)32-19-17(16)18(22)25-15(26-19)9-31-20(28)14-6-4-13(5-7-14)8-27-11-23-10-24-27/h4-7,10-11H,3,8-9H2,1-2H3,(H2,22,25,26). The highest BCUT2D eigenvalue weighted by Gasteiger charge is 2.24. The molecule has 32 heavy (non-hydrogen) atoms. The van der Waals surface area contributed by atoms with Gasteiger partial charge in [-0.2, -0.15) is 10.1 Å². The van der Waals surface area contributed by atoms with Crippen molar-refractivity contribution in [2.24, 2.45) is 0 Å². The van der Waals surface area contributed by atoms with Crippen LogP contribution in [-0.2, 0) is 22.6 Å². The summed E-state index contributed by atoms with van der Waals surface area (Å²) in [6.45, 7) is 3.85. The highest BCUT2D eigenvalue weighted by Crippen LogP contribution is 2.29. The van der Waals surface area contributed by atoms with Gasteiger partial charge in [0.1, 0.15) is 29.8 Å². The number of furan rings is 1. The zero-order valence-electron chi connectivity index (χ0n) is 17.4. The molecule has 3 heterocycles. The quantitative estimate of drug-likeness (QED) is 0.428. The van der Waals surface area contributed by atoms with Crippen LogP contribution in [0.15, 0.2) is 41.3 Å². The average Bonchev–Trinajstić information content (AvgIpc) is 3.40. The number of nitrogens with two attached hydrogens (primary N) is 1. The molecular weight excluding hydrogens is 416 g/mol. The van der Waals surface area contributed by atoms with Gasteiger partial charge in [-0.15, -0.1) is 0 Å². The molecule has 0 radical (unpaired) electrons. The summed E-state index contributed by atoms with van der Waals surface area (Å²) in [5.41, 5.74) is 7.67. The van der Waals surface area contributed by atoms with E-state index in [0.717, 1.165) is 5.56 Å². The van der Waals surface area contributed by atoms with Gasteiger partial charge < -0.3 is 19.6 Å². The predicted molar refractivity (Wildman–Crippen MR) is 112 cm³/mol. The van der Waals surface area contributed by atoms with Crippen LogP contribution in [0.4, 0.5) is 5.82 Å². The number of carbonyl (C=O) groups is 2. The normalized spacial score (nSPS) is 10.9. The number of nitrogens with zero attached hydrogens (tertiary/aromatic N) is 5. The predicted octanol–water partition coefficient (Wildman–Crippen LogP) is 2.29. The minimum absolute atomic E-state index is 0.0402. The van der Waals surface area contributed by atoms with Crippen molar-refractivity contribution in [3.63, 3.8) is 0 Å². The van der Waals surface area contributed by atoms with E-state index in [2.05, 4.69) is 20.1 Å². The molecule has 2 N–H and O–H groups in total. The molecule has 4 aromatic rings. The van der Waals surface area contributed by atoms with Crippen LogP contribution in [0.25, 0.3) is 11.1 Å². The van der Waals surface area contributed by atoms with Gasteiger partial charge in [0.2, 0.25) is 5.71 Å². The molecule has 0 aliphatic heterocycles. The van der Waals surface area contributed by atoms with Crippen molar-refractivity contribution in [3.05, 3.63) is 65.2 Å². The van der Waals surface area contributed by atoms with E-state index in [4.69, 9.17) is 19.6 Å². The summed E-state index contributed by atoms with van der Waals surface area (Å²) in [4.78, 5) is 36.8. The third-order valence-electron chi connectivity index (χ3n) is 4.61. The third kappa shape index (κ3) is 4.26. The first-order valence-electron chi connectivity index (χ1n) is 9.77. The number of esters is 2.